The molecule has 0 bridgehead atoms. The van der Waals surface area contributed by atoms with Crippen molar-refractivity contribution in [2.24, 2.45) is 0 Å². The summed E-state index contributed by atoms with van der Waals surface area (Å²) in [5.41, 5.74) is 1.34. The molecule has 0 aliphatic rings. The number of benzene rings is 1. The molecule has 2 heterocycles. The first kappa shape index (κ1) is 13.8. The van der Waals surface area contributed by atoms with Crippen LogP contribution in [0.4, 0.5) is 0 Å². The van der Waals surface area contributed by atoms with Gasteiger partial charge in [-0.25, -0.2) is 0 Å². The summed E-state index contributed by atoms with van der Waals surface area (Å²) in [7, 11) is 2.01. The van der Waals surface area contributed by atoms with Crippen LogP contribution in [-0.4, -0.2) is 7.05 Å². The second-order valence-corrected chi connectivity index (χ2v) is 7.70. The van der Waals surface area contributed by atoms with E-state index >= 15 is 0 Å². The number of thiophene rings is 2. The Hall–Kier alpha value is -0.200. The molecule has 1 nitrogen and oxygen atoms in total. The Bertz CT molecular complexity index is 717. The molecule has 0 saturated heterocycles. The van der Waals surface area contributed by atoms with E-state index in [0.29, 0.717) is 0 Å². The van der Waals surface area contributed by atoms with E-state index in [9.17, 15) is 0 Å². The van der Waals surface area contributed by atoms with Crippen LogP contribution in [0.5, 0.6) is 0 Å². The molecule has 2 aromatic heterocycles. The normalized spacial score (nSPS) is 13.0. The van der Waals surface area contributed by atoms with Gasteiger partial charge in [0.25, 0.3) is 0 Å². The first-order valence-electron chi connectivity index (χ1n) is 5.78. The molecule has 1 aromatic carbocycles. The molecule has 3 rings (SSSR count). The van der Waals surface area contributed by atoms with Crippen molar-refractivity contribution in [3.63, 3.8) is 0 Å². The van der Waals surface area contributed by atoms with Gasteiger partial charge in [-0.3, -0.25) is 0 Å². The van der Waals surface area contributed by atoms with Crippen LogP contribution in [0.15, 0.2) is 44.0 Å². The molecule has 19 heavy (non-hydrogen) atoms. The SMILES string of the molecule is CNC(c1sccc1Br)c1csc2c(Br)cccc12. The maximum atomic E-state index is 3.64. The van der Waals surface area contributed by atoms with Gasteiger partial charge < -0.3 is 5.32 Å². The molecule has 1 atom stereocenters. The van der Waals surface area contributed by atoms with Crippen molar-refractivity contribution in [2.75, 3.05) is 7.05 Å². The summed E-state index contributed by atoms with van der Waals surface area (Å²) in [6.45, 7) is 0. The molecule has 1 unspecified atom stereocenters. The van der Waals surface area contributed by atoms with Crippen LogP contribution in [0.1, 0.15) is 16.5 Å². The predicted molar refractivity (Wildman–Crippen MR) is 92.4 cm³/mol. The number of nitrogens with one attached hydrogen (secondary N) is 1. The van der Waals surface area contributed by atoms with E-state index in [1.807, 2.05) is 7.05 Å². The van der Waals surface area contributed by atoms with Crippen LogP contribution in [0.25, 0.3) is 10.1 Å². The van der Waals surface area contributed by atoms with Crippen molar-refractivity contribution >= 4 is 64.6 Å². The highest BCUT2D eigenvalue weighted by Crippen LogP contribution is 2.40. The average Bonchev–Trinajstić information content (AvgIpc) is 3.00. The first-order chi connectivity index (χ1) is 9.22. The van der Waals surface area contributed by atoms with Gasteiger partial charge in [-0.1, -0.05) is 12.1 Å². The van der Waals surface area contributed by atoms with Crippen LogP contribution < -0.4 is 5.32 Å². The molecule has 5 heteroatoms. The van der Waals surface area contributed by atoms with Crippen molar-refractivity contribution in [2.45, 2.75) is 6.04 Å². The van der Waals surface area contributed by atoms with E-state index in [1.165, 1.54) is 29.5 Å². The zero-order valence-electron chi connectivity index (χ0n) is 10.1. The topological polar surface area (TPSA) is 12.0 Å². The van der Waals surface area contributed by atoms with Gasteiger partial charge in [-0.05, 0) is 72.8 Å². The minimum absolute atomic E-state index is 0.234. The highest BCUT2D eigenvalue weighted by Gasteiger charge is 2.20. The Morgan fingerprint density at radius 3 is 2.63 bits per heavy atom. The molecular weight excluding hydrogens is 406 g/mol. The average molecular weight is 417 g/mol. The van der Waals surface area contributed by atoms with E-state index < -0.39 is 0 Å². The molecule has 0 aliphatic heterocycles. The smallest absolute Gasteiger partial charge is 0.0694 e. The molecule has 1 N–H and O–H groups in total. The van der Waals surface area contributed by atoms with Gasteiger partial charge in [0.15, 0.2) is 0 Å². The number of hydrogen-bond acceptors (Lipinski definition) is 3. The Morgan fingerprint density at radius 1 is 1.11 bits per heavy atom. The zero-order chi connectivity index (χ0) is 13.4. The molecule has 0 amide bonds. The number of hydrogen-bond donors (Lipinski definition) is 1. The lowest BCUT2D eigenvalue weighted by atomic mass is 10.0. The third-order valence-corrected chi connectivity index (χ3v) is 6.99. The lowest BCUT2D eigenvalue weighted by molar-refractivity contribution is 0.708. The maximum absolute atomic E-state index is 3.64. The molecular formula is C14H11Br2NS2. The third kappa shape index (κ3) is 2.43. The van der Waals surface area contributed by atoms with E-state index in [2.05, 4.69) is 72.2 Å². The summed E-state index contributed by atoms with van der Waals surface area (Å²) in [5.74, 6) is 0. The van der Waals surface area contributed by atoms with Gasteiger partial charge >= 0.3 is 0 Å². The highest BCUT2D eigenvalue weighted by atomic mass is 79.9. The summed E-state index contributed by atoms with van der Waals surface area (Å²) < 4.78 is 3.65. The Kier molecular flexibility index (Phi) is 4.10. The van der Waals surface area contributed by atoms with E-state index in [0.717, 1.165) is 0 Å². The molecule has 3 aromatic rings. The maximum Gasteiger partial charge on any atom is 0.0694 e. The van der Waals surface area contributed by atoms with Crippen LogP contribution in [-0.2, 0) is 0 Å². The lowest BCUT2D eigenvalue weighted by Gasteiger charge is -2.15. The van der Waals surface area contributed by atoms with Crippen molar-refractivity contribution in [1.82, 2.24) is 5.32 Å². The molecule has 98 valence electrons. The third-order valence-electron chi connectivity index (χ3n) is 3.09. The standard InChI is InChI=1S/C14H11Br2NS2/c1-17-12(14-11(16)5-6-18-14)9-7-19-13-8(9)3-2-4-10(13)15/h2-7,12,17H,1H3. The second kappa shape index (κ2) is 5.66. The Labute approximate surface area is 136 Å². The number of rotatable bonds is 3. The first-order valence-corrected chi connectivity index (χ1v) is 9.12. The summed E-state index contributed by atoms with van der Waals surface area (Å²) >= 11 is 10.8. The summed E-state index contributed by atoms with van der Waals surface area (Å²) in [6.07, 6.45) is 0. The fraction of sp³-hybridized carbons (Fsp3) is 0.143. The summed E-state index contributed by atoms with van der Waals surface area (Å²) in [6, 6.07) is 8.72. The van der Waals surface area contributed by atoms with E-state index in [-0.39, 0.29) is 6.04 Å². The van der Waals surface area contributed by atoms with E-state index in [4.69, 9.17) is 0 Å². The fourth-order valence-corrected chi connectivity index (χ4v) is 5.58. The van der Waals surface area contributed by atoms with Crippen LogP contribution in [0.3, 0.4) is 0 Å². The lowest BCUT2D eigenvalue weighted by Crippen LogP contribution is -2.16. The molecule has 0 spiro atoms. The quantitative estimate of drug-likeness (QED) is 0.569. The van der Waals surface area contributed by atoms with Gasteiger partial charge in [0, 0.05) is 18.5 Å². The van der Waals surface area contributed by atoms with Crippen LogP contribution >= 0.6 is 54.5 Å². The van der Waals surface area contributed by atoms with Crippen molar-refractivity contribution in [1.29, 1.82) is 0 Å². The Balaban J connectivity index is 2.18. The van der Waals surface area contributed by atoms with Gasteiger partial charge in [0.05, 0.1) is 6.04 Å². The van der Waals surface area contributed by atoms with E-state index in [1.54, 1.807) is 22.7 Å². The van der Waals surface area contributed by atoms with Gasteiger partial charge in [-0.15, -0.1) is 22.7 Å². The Morgan fingerprint density at radius 2 is 1.95 bits per heavy atom. The zero-order valence-corrected chi connectivity index (χ0v) is 14.9. The number of fused-ring (bicyclic) bond motifs is 1. The van der Waals surface area contributed by atoms with Crippen molar-refractivity contribution < 1.29 is 0 Å². The molecule has 0 saturated carbocycles. The summed E-state index contributed by atoms with van der Waals surface area (Å²) in [4.78, 5) is 1.32. The van der Waals surface area contributed by atoms with Gasteiger partial charge in [0.2, 0.25) is 0 Å². The monoisotopic (exact) mass is 415 g/mol. The second-order valence-electron chi connectivity index (χ2n) is 4.16. The minimum atomic E-state index is 0.234. The molecule has 0 fully saturated rings. The fourth-order valence-electron chi connectivity index (χ4n) is 2.20. The largest absolute Gasteiger partial charge is 0.309 e. The minimum Gasteiger partial charge on any atom is -0.309 e. The molecule has 0 radical (unpaired) electrons. The predicted octanol–water partition coefficient (Wildman–Crippen LogP) is 5.80. The summed E-state index contributed by atoms with van der Waals surface area (Å²) in [5, 5.41) is 9.12. The van der Waals surface area contributed by atoms with Crippen LogP contribution in [0, 0.1) is 0 Å². The van der Waals surface area contributed by atoms with Crippen LogP contribution in [0.2, 0.25) is 0 Å². The van der Waals surface area contributed by atoms with Gasteiger partial charge in [0.1, 0.15) is 0 Å². The molecule has 0 aliphatic carbocycles. The van der Waals surface area contributed by atoms with Gasteiger partial charge in [-0.2, -0.15) is 0 Å². The van der Waals surface area contributed by atoms with Crippen molar-refractivity contribution in [3.05, 3.63) is 54.4 Å². The number of halogens is 2. The highest BCUT2D eigenvalue weighted by molar-refractivity contribution is 9.11. The van der Waals surface area contributed by atoms with Crippen molar-refractivity contribution in [3.8, 4) is 0 Å².